The van der Waals surface area contributed by atoms with Gasteiger partial charge in [-0.05, 0) is 54.8 Å². The SMILES string of the molecule is O=C(CCCc1ccc(Cl)cc1)NCc1cc(-c2ccc(F)cc2)no1. The number of nitrogens with zero attached hydrogens (tertiary/aromatic N) is 1. The van der Waals surface area contributed by atoms with Crippen LogP contribution in [0.2, 0.25) is 5.02 Å². The highest BCUT2D eigenvalue weighted by Crippen LogP contribution is 2.19. The fourth-order valence-corrected chi connectivity index (χ4v) is 2.66. The quantitative estimate of drug-likeness (QED) is 0.649. The second kappa shape index (κ2) is 8.63. The molecule has 2 aromatic carbocycles. The molecular formula is C20H18ClFN2O2. The molecule has 1 amide bonds. The summed E-state index contributed by atoms with van der Waals surface area (Å²) < 4.78 is 18.2. The molecule has 3 aromatic rings. The fraction of sp³-hybridized carbons (Fsp3) is 0.200. The van der Waals surface area contributed by atoms with Crippen LogP contribution in [0.25, 0.3) is 11.3 Å². The second-order valence-electron chi connectivity index (χ2n) is 5.94. The molecule has 0 unspecified atom stereocenters. The van der Waals surface area contributed by atoms with E-state index in [0.29, 0.717) is 22.9 Å². The average molecular weight is 373 g/mol. The van der Waals surface area contributed by atoms with Gasteiger partial charge in [-0.25, -0.2) is 4.39 Å². The molecule has 0 aliphatic heterocycles. The van der Waals surface area contributed by atoms with Gasteiger partial charge in [0.15, 0.2) is 5.76 Å². The van der Waals surface area contributed by atoms with Crippen LogP contribution in [-0.4, -0.2) is 11.1 Å². The van der Waals surface area contributed by atoms with Crippen LogP contribution >= 0.6 is 11.6 Å². The van der Waals surface area contributed by atoms with Gasteiger partial charge in [-0.15, -0.1) is 0 Å². The molecule has 0 spiro atoms. The molecule has 1 aromatic heterocycles. The molecule has 3 rings (SSSR count). The Kier molecular flexibility index (Phi) is 6.02. The molecule has 26 heavy (non-hydrogen) atoms. The highest BCUT2D eigenvalue weighted by molar-refractivity contribution is 6.30. The smallest absolute Gasteiger partial charge is 0.220 e. The number of benzene rings is 2. The predicted molar refractivity (Wildman–Crippen MR) is 98.1 cm³/mol. The Morgan fingerprint density at radius 3 is 2.58 bits per heavy atom. The van der Waals surface area contributed by atoms with Crippen molar-refractivity contribution in [3.05, 3.63) is 76.8 Å². The van der Waals surface area contributed by atoms with Crippen LogP contribution < -0.4 is 5.32 Å². The van der Waals surface area contributed by atoms with Crippen molar-refractivity contribution in [3.63, 3.8) is 0 Å². The van der Waals surface area contributed by atoms with Crippen LogP contribution in [0.15, 0.2) is 59.1 Å². The summed E-state index contributed by atoms with van der Waals surface area (Å²) in [7, 11) is 0. The molecule has 4 nitrogen and oxygen atoms in total. The molecule has 0 bridgehead atoms. The summed E-state index contributed by atoms with van der Waals surface area (Å²) in [5.41, 5.74) is 2.52. The van der Waals surface area contributed by atoms with Crippen molar-refractivity contribution in [3.8, 4) is 11.3 Å². The zero-order valence-corrected chi connectivity index (χ0v) is 14.8. The van der Waals surface area contributed by atoms with Crippen LogP contribution in [0, 0.1) is 5.82 Å². The molecule has 134 valence electrons. The maximum atomic E-state index is 12.9. The number of halogens is 2. The zero-order valence-electron chi connectivity index (χ0n) is 14.0. The largest absolute Gasteiger partial charge is 0.359 e. The summed E-state index contributed by atoms with van der Waals surface area (Å²) in [6.45, 7) is 0.272. The van der Waals surface area contributed by atoms with E-state index in [-0.39, 0.29) is 18.3 Å². The third-order valence-corrected chi connectivity index (χ3v) is 4.19. The number of amides is 1. The summed E-state index contributed by atoms with van der Waals surface area (Å²) >= 11 is 5.85. The van der Waals surface area contributed by atoms with E-state index in [1.54, 1.807) is 18.2 Å². The first kappa shape index (κ1) is 18.1. The number of carbonyl (C=O) groups is 1. The van der Waals surface area contributed by atoms with Gasteiger partial charge in [-0.2, -0.15) is 0 Å². The Bertz CT molecular complexity index is 860. The molecule has 6 heteroatoms. The molecule has 0 saturated carbocycles. The van der Waals surface area contributed by atoms with E-state index in [2.05, 4.69) is 10.5 Å². The van der Waals surface area contributed by atoms with Gasteiger partial charge in [0.25, 0.3) is 0 Å². The zero-order chi connectivity index (χ0) is 18.4. The summed E-state index contributed by atoms with van der Waals surface area (Å²) in [6, 6.07) is 15.4. The van der Waals surface area contributed by atoms with Gasteiger partial charge in [0, 0.05) is 23.1 Å². The minimum absolute atomic E-state index is 0.0429. The summed E-state index contributed by atoms with van der Waals surface area (Å²) in [5, 5.41) is 7.46. The highest BCUT2D eigenvalue weighted by Gasteiger charge is 2.08. The fourth-order valence-electron chi connectivity index (χ4n) is 2.53. The molecule has 0 fully saturated rings. The normalized spacial score (nSPS) is 10.7. The van der Waals surface area contributed by atoms with E-state index >= 15 is 0 Å². The molecule has 0 aliphatic carbocycles. The van der Waals surface area contributed by atoms with Gasteiger partial charge < -0.3 is 9.84 Å². The Morgan fingerprint density at radius 2 is 1.85 bits per heavy atom. The molecule has 1 N–H and O–H groups in total. The third kappa shape index (κ3) is 5.17. The number of carbonyl (C=O) groups excluding carboxylic acids is 1. The molecule has 0 aliphatic rings. The Labute approximate surface area is 156 Å². The van der Waals surface area contributed by atoms with E-state index in [1.807, 2.05) is 24.3 Å². The number of nitrogens with one attached hydrogen (secondary N) is 1. The lowest BCUT2D eigenvalue weighted by atomic mass is 10.1. The van der Waals surface area contributed by atoms with E-state index in [4.69, 9.17) is 16.1 Å². The maximum Gasteiger partial charge on any atom is 0.220 e. The highest BCUT2D eigenvalue weighted by atomic mass is 35.5. The summed E-state index contributed by atoms with van der Waals surface area (Å²) in [5.74, 6) is 0.206. The standard InChI is InChI=1S/C20H18ClFN2O2/c21-16-8-4-14(5-9-16)2-1-3-20(25)23-13-18-12-19(24-26-18)15-6-10-17(22)11-7-15/h4-12H,1-3,13H2,(H,23,25). The maximum absolute atomic E-state index is 12.9. The van der Waals surface area contributed by atoms with Crippen LogP contribution in [-0.2, 0) is 17.8 Å². The lowest BCUT2D eigenvalue weighted by molar-refractivity contribution is -0.121. The number of rotatable bonds is 7. The van der Waals surface area contributed by atoms with Crippen molar-refractivity contribution in [1.29, 1.82) is 0 Å². The third-order valence-electron chi connectivity index (χ3n) is 3.94. The van der Waals surface area contributed by atoms with Gasteiger partial charge in [0.1, 0.15) is 11.5 Å². The first-order valence-corrected chi connectivity index (χ1v) is 8.70. The Balaban J connectivity index is 1.43. The molecule has 0 radical (unpaired) electrons. The van der Waals surface area contributed by atoms with Crippen molar-refractivity contribution in [2.24, 2.45) is 0 Å². The number of aromatic nitrogens is 1. The van der Waals surface area contributed by atoms with Crippen molar-refractivity contribution in [2.45, 2.75) is 25.8 Å². The van der Waals surface area contributed by atoms with E-state index < -0.39 is 0 Å². The minimum atomic E-state index is -0.302. The van der Waals surface area contributed by atoms with Crippen molar-refractivity contribution >= 4 is 17.5 Å². The first-order chi connectivity index (χ1) is 12.6. The van der Waals surface area contributed by atoms with Gasteiger partial charge in [-0.1, -0.05) is 28.9 Å². The number of aryl methyl sites for hydroxylation is 1. The Hall–Kier alpha value is -2.66. The van der Waals surface area contributed by atoms with Crippen LogP contribution in [0.3, 0.4) is 0 Å². The van der Waals surface area contributed by atoms with Crippen molar-refractivity contribution in [1.82, 2.24) is 10.5 Å². The average Bonchev–Trinajstić information content (AvgIpc) is 3.11. The predicted octanol–water partition coefficient (Wildman–Crippen LogP) is 4.77. The van der Waals surface area contributed by atoms with Crippen molar-refractivity contribution < 1.29 is 13.7 Å². The molecule has 0 saturated heterocycles. The van der Waals surface area contributed by atoms with E-state index in [0.717, 1.165) is 24.0 Å². The molecule has 0 atom stereocenters. The van der Waals surface area contributed by atoms with Crippen LogP contribution in [0.4, 0.5) is 4.39 Å². The van der Waals surface area contributed by atoms with Gasteiger partial charge >= 0.3 is 0 Å². The summed E-state index contributed by atoms with van der Waals surface area (Å²) in [6.07, 6.45) is 2.01. The monoisotopic (exact) mass is 372 g/mol. The van der Waals surface area contributed by atoms with E-state index in [9.17, 15) is 9.18 Å². The van der Waals surface area contributed by atoms with Crippen LogP contribution in [0.5, 0.6) is 0 Å². The topological polar surface area (TPSA) is 55.1 Å². The van der Waals surface area contributed by atoms with Gasteiger partial charge in [0.05, 0.1) is 6.54 Å². The molecular weight excluding hydrogens is 355 g/mol. The van der Waals surface area contributed by atoms with Gasteiger partial charge in [0.2, 0.25) is 5.91 Å². The minimum Gasteiger partial charge on any atom is -0.359 e. The van der Waals surface area contributed by atoms with Gasteiger partial charge in [-0.3, -0.25) is 4.79 Å². The number of hydrogen-bond acceptors (Lipinski definition) is 3. The lowest BCUT2D eigenvalue weighted by Gasteiger charge is -2.03. The lowest BCUT2D eigenvalue weighted by Crippen LogP contribution is -2.22. The number of hydrogen-bond donors (Lipinski definition) is 1. The van der Waals surface area contributed by atoms with Crippen molar-refractivity contribution in [2.75, 3.05) is 0 Å². The van der Waals surface area contributed by atoms with Crippen LogP contribution in [0.1, 0.15) is 24.2 Å². The first-order valence-electron chi connectivity index (χ1n) is 8.33. The Morgan fingerprint density at radius 1 is 1.12 bits per heavy atom. The molecule has 1 heterocycles. The summed E-state index contributed by atoms with van der Waals surface area (Å²) in [4.78, 5) is 11.9. The van der Waals surface area contributed by atoms with E-state index in [1.165, 1.54) is 12.1 Å². The second-order valence-corrected chi connectivity index (χ2v) is 6.38.